The zero-order valence-electron chi connectivity index (χ0n) is 18.9. The van der Waals surface area contributed by atoms with E-state index in [2.05, 4.69) is 42.7 Å². The molecule has 5 heteroatoms. The molecule has 0 bridgehead atoms. The lowest BCUT2D eigenvalue weighted by Crippen LogP contribution is -2.29. The first-order chi connectivity index (χ1) is 15.0. The van der Waals surface area contributed by atoms with Crippen molar-refractivity contribution in [2.75, 3.05) is 13.1 Å². The Morgan fingerprint density at radius 3 is 2.68 bits per heavy atom. The molecule has 1 aromatic heterocycles. The molecule has 0 unspecified atom stereocenters. The van der Waals surface area contributed by atoms with Crippen molar-refractivity contribution in [2.45, 2.75) is 58.5 Å². The van der Waals surface area contributed by atoms with Gasteiger partial charge in [-0.2, -0.15) is 0 Å². The first-order valence-electron chi connectivity index (χ1n) is 11.5. The maximum atomic E-state index is 13.4. The number of likely N-dealkylation sites (tertiary alicyclic amines) is 1. The molecule has 5 nitrogen and oxygen atoms in total. The van der Waals surface area contributed by atoms with Gasteiger partial charge in [-0.05, 0) is 55.7 Å². The van der Waals surface area contributed by atoms with E-state index in [4.69, 9.17) is 9.72 Å². The molecule has 2 aromatic carbocycles. The average molecular weight is 418 g/mol. The number of benzene rings is 2. The Bertz CT molecular complexity index is 1160. The molecule has 1 saturated heterocycles. The molecule has 0 spiro atoms. The zero-order chi connectivity index (χ0) is 21.7. The minimum atomic E-state index is -0.0197. The van der Waals surface area contributed by atoms with Crippen LogP contribution < -0.4 is 4.74 Å². The number of fused-ring (bicyclic) bond motifs is 3. The van der Waals surface area contributed by atoms with Gasteiger partial charge < -0.3 is 14.2 Å². The van der Waals surface area contributed by atoms with Crippen molar-refractivity contribution in [3.63, 3.8) is 0 Å². The maximum Gasteiger partial charge on any atom is 0.254 e. The molecule has 31 heavy (non-hydrogen) atoms. The van der Waals surface area contributed by atoms with E-state index in [1.54, 1.807) is 0 Å². The third kappa shape index (κ3) is 3.31. The average Bonchev–Trinajstić information content (AvgIpc) is 3.41. The molecule has 1 amide bonds. The summed E-state index contributed by atoms with van der Waals surface area (Å²) in [5.74, 6) is 2.30. The van der Waals surface area contributed by atoms with Crippen LogP contribution in [0.3, 0.4) is 0 Å². The predicted molar refractivity (Wildman–Crippen MR) is 123 cm³/mol. The fourth-order valence-corrected chi connectivity index (χ4v) is 5.13. The number of nitrogens with zero attached hydrogens (tertiary/aromatic N) is 3. The molecule has 3 aromatic rings. The fourth-order valence-electron chi connectivity index (χ4n) is 5.13. The van der Waals surface area contributed by atoms with Crippen molar-refractivity contribution in [1.82, 2.24) is 14.5 Å². The standard InChI is InChI=1S/C26H31N3O2/c1-16(2)18-9-5-6-10-19(18)23-12-11-20-21(26(30)29-13-7-8-14-29)15-22-24(25(20)31-23)27-17(3)28(22)4/h5-6,9-10,15-16,23H,7-8,11-14H2,1-4H3/t23-/m0/s1. The van der Waals surface area contributed by atoms with Crippen molar-refractivity contribution in [1.29, 1.82) is 0 Å². The first kappa shape index (κ1) is 20.1. The highest BCUT2D eigenvalue weighted by Crippen LogP contribution is 2.43. The van der Waals surface area contributed by atoms with E-state index in [0.717, 1.165) is 72.5 Å². The molecule has 1 fully saturated rings. The number of rotatable bonds is 3. The SMILES string of the molecule is Cc1nc2c3c(c(C(=O)N4CCCC4)cc2n1C)CC[C@@H](c1ccccc1C(C)C)O3. The van der Waals surface area contributed by atoms with Crippen LogP contribution in [0.25, 0.3) is 11.0 Å². The summed E-state index contributed by atoms with van der Waals surface area (Å²) in [4.78, 5) is 20.2. The second kappa shape index (κ2) is 7.70. The Morgan fingerprint density at radius 1 is 1.19 bits per heavy atom. The van der Waals surface area contributed by atoms with E-state index < -0.39 is 0 Å². The van der Waals surface area contributed by atoms with Crippen LogP contribution in [-0.4, -0.2) is 33.4 Å². The number of aryl methyl sites for hydroxylation is 2. The maximum absolute atomic E-state index is 13.4. The van der Waals surface area contributed by atoms with E-state index in [1.807, 2.05) is 24.9 Å². The molecule has 5 rings (SSSR count). The molecule has 162 valence electrons. The highest BCUT2D eigenvalue weighted by molar-refractivity contribution is 6.01. The summed E-state index contributed by atoms with van der Waals surface area (Å²) in [6, 6.07) is 10.6. The van der Waals surface area contributed by atoms with Crippen LogP contribution in [0, 0.1) is 6.92 Å². The van der Waals surface area contributed by atoms with Crippen LogP contribution in [0.15, 0.2) is 30.3 Å². The molecule has 0 aliphatic carbocycles. The van der Waals surface area contributed by atoms with E-state index in [9.17, 15) is 4.79 Å². The molecule has 0 radical (unpaired) electrons. The highest BCUT2D eigenvalue weighted by atomic mass is 16.5. The third-order valence-corrected chi connectivity index (χ3v) is 6.96. The van der Waals surface area contributed by atoms with Crippen molar-refractivity contribution >= 4 is 16.9 Å². The summed E-state index contributed by atoms with van der Waals surface area (Å²) in [6.07, 6.45) is 3.85. The quantitative estimate of drug-likeness (QED) is 0.580. The molecule has 0 saturated carbocycles. The number of carbonyl (C=O) groups is 1. The molecule has 2 aliphatic heterocycles. The number of carbonyl (C=O) groups excluding carboxylic acids is 1. The fraction of sp³-hybridized carbons (Fsp3) is 0.462. The second-order valence-corrected chi connectivity index (χ2v) is 9.25. The number of aromatic nitrogens is 2. The normalized spacial score (nSPS) is 18.5. The topological polar surface area (TPSA) is 47.4 Å². The van der Waals surface area contributed by atoms with Gasteiger partial charge in [0.15, 0.2) is 5.75 Å². The van der Waals surface area contributed by atoms with Gasteiger partial charge in [0, 0.05) is 31.3 Å². The minimum absolute atomic E-state index is 0.0197. The van der Waals surface area contributed by atoms with Gasteiger partial charge in [-0.1, -0.05) is 38.1 Å². The Kier molecular flexibility index (Phi) is 4.99. The Balaban J connectivity index is 1.64. The van der Waals surface area contributed by atoms with E-state index >= 15 is 0 Å². The largest absolute Gasteiger partial charge is 0.483 e. The van der Waals surface area contributed by atoms with Gasteiger partial charge in [0.05, 0.1) is 5.52 Å². The van der Waals surface area contributed by atoms with Gasteiger partial charge >= 0.3 is 0 Å². The van der Waals surface area contributed by atoms with Crippen LogP contribution in [0.5, 0.6) is 5.75 Å². The smallest absolute Gasteiger partial charge is 0.254 e. The van der Waals surface area contributed by atoms with Crippen molar-refractivity contribution in [3.05, 3.63) is 58.4 Å². The first-order valence-corrected chi connectivity index (χ1v) is 11.5. The van der Waals surface area contributed by atoms with Crippen molar-refractivity contribution in [2.24, 2.45) is 7.05 Å². The number of imidazole rings is 1. The van der Waals surface area contributed by atoms with Gasteiger partial charge in [-0.25, -0.2) is 4.98 Å². The summed E-state index contributed by atoms with van der Waals surface area (Å²) < 4.78 is 8.76. The molecule has 1 atom stereocenters. The Morgan fingerprint density at radius 2 is 1.94 bits per heavy atom. The summed E-state index contributed by atoms with van der Waals surface area (Å²) in [5, 5.41) is 0. The van der Waals surface area contributed by atoms with Gasteiger partial charge in [-0.3, -0.25) is 4.79 Å². The summed E-state index contributed by atoms with van der Waals surface area (Å²) in [6.45, 7) is 8.15. The molecule has 3 heterocycles. The second-order valence-electron chi connectivity index (χ2n) is 9.25. The monoisotopic (exact) mass is 417 g/mol. The van der Waals surface area contributed by atoms with Crippen LogP contribution in [0.4, 0.5) is 0 Å². The van der Waals surface area contributed by atoms with E-state index in [1.165, 1.54) is 11.1 Å². The Hall–Kier alpha value is -2.82. The molecule has 2 aliphatic rings. The summed E-state index contributed by atoms with van der Waals surface area (Å²) in [5.41, 5.74) is 6.24. The van der Waals surface area contributed by atoms with Gasteiger partial charge in [-0.15, -0.1) is 0 Å². The van der Waals surface area contributed by atoms with Crippen molar-refractivity contribution < 1.29 is 9.53 Å². The minimum Gasteiger partial charge on any atom is -0.483 e. The van der Waals surface area contributed by atoms with Crippen LogP contribution in [-0.2, 0) is 13.5 Å². The number of ether oxygens (including phenoxy) is 1. The van der Waals surface area contributed by atoms with Crippen molar-refractivity contribution in [3.8, 4) is 5.75 Å². The number of hydrogen-bond donors (Lipinski definition) is 0. The van der Waals surface area contributed by atoms with Gasteiger partial charge in [0.1, 0.15) is 17.4 Å². The van der Waals surface area contributed by atoms with E-state index in [0.29, 0.717) is 5.92 Å². The third-order valence-electron chi connectivity index (χ3n) is 6.96. The lowest BCUT2D eigenvalue weighted by Gasteiger charge is -2.30. The van der Waals surface area contributed by atoms with Gasteiger partial charge in [0.25, 0.3) is 5.91 Å². The lowest BCUT2D eigenvalue weighted by molar-refractivity contribution is 0.0789. The summed E-state index contributed by atoms with van der Waals surface area (Å²) in [7, 11) is 2.01. The molecular formula is C26H31N3O2. The number of hydrogen-bond acceptors (Lipinski definition) is 3. The molecular weight excluding hydrogens is 386 g/mol. The lowest BCUT2D eigenvalue weighted by atomic mass is 9.88. The zero-order valence-corrected chi connectivity index (χ0v) is 18.9. The number of amides is 1. The van der Waals surface area contributed by atoms with Crippen LogP contribution >= 0.6 is 0 Å². The summed E-state index contributed by atoms with van der Waals surface area (Å²) >= 11 is 0. The van der Waals surface area contributed by atoms with E-state index in [-0.39, 0.29) is 12.0 Å². The predicted octanol–water partition coefficient (Wildman–Crippen LogP) is 5.31. The van der Waals surface area contributed by atoms with Crippen LogP contribution in [0.2, 0.25) is 0 Å². The molecule has 0 N–H and O–H groups in total. The van der Waals surface area contributed by atoms with Gasteiger partial charge in [0.2, 0.25) is 0 Å². The highest BCUT2D eigenvalue weighted by Gasteiger charge is 2.32. The van der Waals surface area contributed by atoms with Crippen LogP contribution in [0.1, 0.15) is 78.0 Å². The Labute approximate surface area is 184 Å².